The lowest BCUT2D eigenvalue weighted by Gasteiger charge is -2.37. The molecule has 138 valence electrons. The minimum Gasteiger partial charge on any atom is -0.508 e. The van der Waals surface area contributed by atoms with Gasteiger partial charge in [0.25, 0.3) is 5.91 Å². The molecular formula is C18H20N2O5S. The fourth-order valence-corrected chi connectivity index (χ4v) is 3.65. The van der Waals surface area contributed by atoms with Gasteiger partial charge in [0.05, 0.1) is 17.9 Å². The van der Waals surface area contributed by atoms with Crippen molar-refractivity contribution in [3.8, 4) is 11.5 Å². The number of carbonyl (C=O) groups is 1. The molecule has 3 N–H and O–H groups in total. The molecule has 2 aromatic rings. The van der Waals surface area contributed by atoms with Crippen LogP contribution < -0.4 is 9.62 Å². The van der Waals surface area contributed by atoms with Crippen LogP contribution in [0.25, 0.3) is 0 Å². The lowest BCUT2D eigenvalue weighted by Crippen LogP contribution is -2.49. The highest BCUT2D eigenvalue weighted by Crippen LogP contribution is 2.34. The summed E-state index contributed by atoms with van der Waals surface area (Å²) < 4.78 is 25.4. The maximum atomic E-state index is 13.1. The van der Waals surface area contributed by atoms with Crippen molar-refractivity contribution in [2.45, 2.75) is 18.9 Å². The molecule has 0 saturated heterocycles. The van der Waals surface area contributed by atoms with Crippen molar-refractivity contribution in [1.82, 2.24) is 4.72 Å². The van der Waals surface area contributed by atoms with Crippen molar-refractivity contribution >= 4 is 21.6 Å². The lowest BCUT2D eigenvalue weighted by atomic mass is 9.94. The van der Waals surface area contributed by atoms with Crippen LogP contribution in [0.4, 0.5) is 5.69 Å². The van der Waals surface area contributed by atoms with Crippen molar-refractivity contribution in [3.05, 3.63) is 53.6 Å². The molecule has 1 aliphatic heterocycles. The average molecular weight is 376 g/mol. The van der Waals surface area contributed by atoms with E-state index in [0.717, 1.165) is 24.3 Å². The number of nitrogens with zero attached hydrogens (tertiary/aromatic N) is 1. The Morgan fingerprint density at radius 3 is 2.65 bits per heavy atom. The molecule has 7 nitrogen and oxygen atoms in total. The molecule has 0 aromatic heterocycles. The van der Waals surface area contributed by atoms with Crippen LogP contribution in [0.2, 0.25) is 0 Å². The molecule has 1 atom stereocenters. The number of para-hydroxylation sites is 1. The molecule has 3 rings (SSSR count). The third kappa shape index (κ3) is 3.81. The van der Waals surface area contributed by atoms with E-state index in [4.69, 9.17) is 0 Å². The quantitative estimate of drug-likeness (QED) is 0.752. The number of nitrogens with one attached hydrogen (secondary N) is 1. The van der Waals surface area contributed by atoms with Gasteiger partial charge in [-0.2, -0.15) is 0 Å². The van der Waals surface area contributed by atoms with E-state index in [-0.39, 0.29) is 29.6 Å². The monoisotopic (exact) mass is 376 g/mol. The average Bonchev–Trinajstić information content (AvgIpc) is 2.58. The fourth-order valence-electron chi connectivity index (χ4n) is 3.15. The second-order valence-electron chi connectivity index (χ2n) is 6.32. The summed E-state index contributed by atoms with van der Waals surface area (Å²) in [5.74, 6) is -0.920. The SMILES string of the molecule is CS(=O)(=O)NCC1CCc2ccccc2N1C(=O)c1ccc(O)cc1O. The van der Waals surface area contributed by atoms with Gasteiger partial charge < -0.3 is 15.1 Å². The Kier molecular flexibility index (Phi) is 4.88. The number of amides is 1. The molecular weight excluding hydrogens is 356 g/mol. The number of aryl methyl sites for hydroxylation is 1. The predicted octanol–water partition coefficient (Wildman–Crippen LogP) is 1.61. The number of phenols is 2. The van der Waals surface area contributed by atoms with Crippen LogP contribution in [-0.4, -0.2) is 43.4 Å². The first-order valence-electron chi connectivity index (χ1n) is 8.14. The zero-order valence-electron chi connectivity index (χ0n) is 14.2. The van der Waals surface area contributed by atoms with Gasteiger partial charge in [-0.05, 0) is 36.6 Å². The Bertz CT molecular complexity index is 942. The van der Waals surface area contributed by atoms with Crippen LogP contribution in [0, 0.1) is 0 Å². The molecule has 1 unspecified atom stereocenters. The first-order chi connectivity index (χ1) is 12.3. The van der Waals surface area contributed by atoms with E-state index in [9.17, 15) is 23.4 Å². The Morgan fingerprint density at radius 1 is 1.23 bits per heavy atom. The molecule has 1 heterocycles. The lowest BCUT2D eigenvalue weighted by molar-refractivity contribution is 0.0970. The highest BCUT2D eigenvalue weighted by molar-refractivity contribution is 7.88. The van der Waals surface area contributed by atoms with Gasteiger partial charge in [0.1, 0.15) is 11.5 Å². The molecule has 0 aliphatic carbocycles. The van der Waals surface area contributed by atoms with E-state index in [1.54, 1.807) is 6.07 Å². The Balaban J connectivity index is 2.00. The van der Waals surface area contributed by atoms with E-state index in [1.165, 1.54) is 17.0 Å². The fraction of sp³-hybridized carbons (Fsp3) is 0.278. The number of sulfonamides is 1. The normalized spacial score (nSPS) is 17.0. The Hall–Kier alpha value is -2.58. The maximum absolute atomic E-state index is 13.1. The van der Waals surface area contributed by atoms with Crippen LogP contribution in [-0.2, 0) is 16.4 Å². The highest BCUT2D eigenvalue weighted by atomic mass is 32.2. The molecule has 0 radical (unpaired) electrons. The summed E-state index contributed by atoms with van der Waals surface area (Å²) in [7, 11) is -3.40. The number of anilines is 1. The molecule has 0 spiro atoms. The van der Waals surface area contributed by atoms with Gasteiger partial charge >= 0.3 is 0 Å². The predicted molar refractivity (Wildman–Crippen MR) is 98.0 cm³/mol. The summed E-state index contributed by atoms with van der Waals surface area (Å²) in [4.78, 5) is 14.7. The first kappa shape index (κ1) is 18.2. The minimum atomic E-state index is -3.40. The van der Waals surface area contributed by atoms with Crippen molar-refractivity contribution in [1.29, 1.82) is 0 Å². The van der Waals surface area contributed by atoms with Gasteiger partial charge in [0, 0.05) is 18.3 Å². The molecule has 0 fully saturated rings. The van der Waals surface area contributed by atoms with E-state index in [1.807, 2.05) is 18.2 Å². The number of benzene rings is 2. The van der Waals surface area contributed by atoms with Gasteiger partial charge in [-0.3, -0.25) is 4.79 Å². The second kappa shape index (κ2) is 6.97. The topological polar surface area (TPSA) is 107 Å². The van der Waals surface area contributed by atoms with Crippen LogP contribution >= 0.6 is 0 Å². The van der Waals surface area contributed by atoms with E-state index < -0.39 is 15.9 Å². The summed E-state index contributed by atoms with van der Waals surface area (Å²) in [5.41, 5.74) is 1.72. The molecule has 0 bridgehead atoms. The minimum absolute atomic E-state index is 0.0452. The highest BCUT2D eigenvalue weighted by Gasteiger charge is 2.33. The van der Waals surface area contributed by atoms with E-state index >= 15 is 0 Å². The summed E-state index contributed by atoms with van der Waals surface area (Å²) >= 11 is 0. The zero-order chi connectivity index (χ0) is 18.9. The molecule has 1 aliphatic rings. The second-order valence-corrected chi connectivity index (χ2v) is 8.15. The van der Waals surface area contributed by atoms with Gasteiger partial charge in [0.15, 0.2) is 0 Å². The van der Waals surface area contributed by atoms with Gasteiger partial charge in [0.2, 0.25) is 10.0 Å². The Labute approximate surface area is 151 Å². The number of hydrogen-bond acceptors (Lipinski definition) is 5. The number of aromatic hydroxyl groups is 2. The smallest absolute Gasteiger partial charge is 0.262 e. The molecule has 1 amide bonds. The van der Waals surface area contributed by atoms with Crippen molar-refractivity contribution in [2.75, 3.05) is 17.7 Å². The Morgan fingerprint density at radius 2 is 1.96 bits per heavy atom. The standard InChI is InChI=1S/C18H20N2O5S/c1-26(24,25)19-11-13-7-6-12-4-2-3-5-16(12)20(13)18(23)15-9-8-14(21)10-17(15)22/h2-5,8-10,13,19,21-22H,6-7,11H2,1H3. The van der Waals surface area contributed by atoms with Gasteiger partial charge in [-0.1, -0.05) is 18.2 Å². The van der Waals surface area contributed by atoms with Crippen LogP contribution in [0.1, 0.15) is 22.3 Å². The van der Waals surface area contributed by atoms with Gasteiger partial charge in [-0.15, -0.1) is 0 Å². The summed E-state index contributed by atoms with van der Waals surface area (Å²) in [6.07, 6.45) is 2.38. The largest absolute Gasteiger partial charge is 0.508 e. The third-order valence-corrected chi connectivity index (χ3v) is 5.07. The van der Waals surface area contributed by atoms with Crippen molar-refractivity contribution < 1.29 is 23.4 Å². The number of hydrogen-bond donors (Lipinski definition) is 3. The third-order valence-electron chi connectivity index (χ3n) is 4.37. The number of carbonyl (C=O) groups excluding carboxylic acids is 1. The molecule has 0 saturated carbocycles. The molecule has 2 aromatic carbocycles. The number of phenolic OH excluding ortho intramolecular Hbond substituents is 2. The van der Waals surface area contributed by atoms with Crippen molar-refractivity contribution in [2.24, 2.45) is 0 Å². The van der Waals surface area contributed by atoms with Crippen LogP contribution in [0.15, 0.2) is 42.5 Å². The van der Waals surface area contributed by atoms with Gasteiger partial charge in [-0.25, -0.2) is 13.1 Å². The maximum Gasteiger partial charge on any atom is 0.262 e. The molecule has 8 heteroatoms. The summed E-state index contributed by atoms with van der Waals surface area (Å²) in [6.45, 7) is 0.0811. The van der Waals surface area contributed by atoms with Crippen LogP contribution in [0.3, 0.4) is 0 Å². The van der Waals surface area contributed by atoms with Crippen molar-refractivity contribution in [3.63, 3.8) is 0 Å². The van der Waals surface area contributed by atoms with Crippen LogP contribution in [0.5, 0.6) is 11.5 Å². The first-order valence-corrected chi connectivity index (χ1v) is 10.0. The summed E-state index contributed by atoms with van der Waals surface area (Å²) in [5, 5.41) is 19.5. The zero-order valence-corrected chi connectivity index (χ0v) is 15.0. The summed E-state index contributed by atoms with van der Waals surface area (Å²) in [6, 6.07) is 10.8. The number of fused-ring (bicyclic) bond motifs is 1. The molecule has 26 heavy (non-hydrogen) atoms. The van der Waals surface area contributed by atoms with E-state index in [0.29, 0.717) is 12.1 Å². The number of rotatable bonds is 4. The van der Waals surface area contributed by atoms with E-state index in [2.05, 4.69) is 4.72 Å².